The molecule has 0 aromatic heterocycles. The first-order chi connectivity index (χ1) is 7.23. The molecule has 1 heterocycles. The van der Waals surface area contributed by atoms with Crippen molar-refractivity contribution in [3.8, 4) is 0 Å². The summed E-state index contributed by atoms with van der Waals surface area (Å²) >= 11 is 0. The molecular formula is C14H29N. The number of hydrogen-bond donors (Lipinski definition) is 0. The van der Waals surface area contributed by atoms with E-state index in [0.717, 1.165) is 0 Å². The predicted octanol–water partition coefficient (Wildman–Crippen LogP) is 4.22. The van der Waals surface area contributed by atoms with Crippen LogP contribution in [0.3, 0.4) is 0 Å². The molecule has 0 bridgehead atoms. The second-order valence-corrected chi connectivity index (χ2v) is 5.40. The van der Waals surface area contributed by atoms with Crippen molar-refractivity contribution in [2.75, 3.05) is 13.1 Å². The lowest BCUT2D eigenvalue weighted by molar-refractivity contribution is 0.109. The van der Waals surface area contributed by atoms with Crippen LogP contribution in [0.5, 0.6) is 0 Å². The maximum Gasteiger partial charge on any atom is 0.0181 e. The van der Waals surface area contributed by atoms with Crippen molar-refractivity contribution >= 4 is 0 Å². The van der Waals surface area contributed by atoms with Gasteiger partial charge in [-0.2, -0.15) is 0 Å². The van der Waals surface area contributed by atoms with E-state index in [9.17, 15) is 0 Å². The molecule has 0 unspecified atom stereocenters. The Morgan fingerprint density at radius 2 is 1.40 bits per heavy atom. The normalized spacial score (nSPS) is 18.6. The van der Waals surface area contributed by atoms with Crippen LogP contribution in [0.4, 0.5) is 0 Å². The van der Waals surface area contributed by atoms with Crippen LogP contribution in [0.1, 0.15) is 72.1 Å². The van der Waals surface area contributed by atoms with E-state index in [4.69, 9.17) is 0 Å². The molecule has 1 saturated heterocycles. The molecule has 1 aliphatic heterocycles. The molecule has 15 heavy (non-hydrogen) atoms. The van der Waals surface area contributed by atoms with Crippen LogP contribution in [0.25, 0.3) is 0 Å². The molecule has 0 spiro atoms. The second-order valence-electron chi connectivity index (χ2n) is 5.40. The number of hydrogen-bond acceptors (Lipinski definition) is 1. The lowest BCUT2D eigenvalue weighted by Gasteiger charge is -2.39. The third-order valence-corrected chi connectivity index (χ3v) is 4.01. The maximum atomic E-state index is 2.76. The maximum absolute atomic E-state index is 2.76. The van der Waals surface area contributed by atoms with Gasteiger partial charge in [-0.15, -0.1) is 0 Å². The zero-order chi connectivity index (χ0) is 11.1. The minimum atomic E-state index is 0.516. The molecule has 0 aromatic rings. The van der Waals surface area contributed by atoms with Crippen LogP contribution in [0, 0.1) is 0 Å². The largest absolute Gasteiger partial charge is 0.298 e. The molecule has 90 valence electrons. The van der Waals surface area contributed by atoms with E-state index < -0.39 is 0 Å². The van der Waals surface area contributed by atoms with Crippen molar-refractivity contribution in [2.24, 2.45) is 0 Å². The van der Waals surface area contributed by atoms with Gasteiger partial charge in [0.25, 0.3) is 0 Å². The van der Waals surface area contributed by atoms with Gasteiger partial charge in [0.2, 0.25) is 0 Å². The van der Waals surface area contributed by atoms with Gasteiger partial charge in [0, 0.05) is 5.54 Å². The summed E-state index contributed by atoms with van der Waals surface area (Å²) in [5.74, 6) is 0. The average molecular weight is 211 g/mol. The molecule has 1 heteroatoms. The van der Waals surface area contributed by atoms with Gasteiger partial charge in [0.1, 0.15) is 0 Å². The van der Waals surface area contributed by atoms with Crippen LogP contribution in [-0.4, -0.2) is 23.5 Å². The van der Waals surface area contributed by atoms with E-state index in [-0.39, 0.29) is 0 Å². The third kappa shape index (κ3) is 3.79. The van der Waals surface area contributed by atoms with E-state index in [1.807, 2.05) is 0 Å². The summed E-state index contributed by atoms with van der Waals surface area (Å²) in [7, 11) is 0. The minimum absolute atomic E-state index is 0.516. The lowest BCUT2D eigenvalue weighted by atomic mass is 9.87. The summed E-state index contributed by atoms with van der Waals surface area (Å²) in [6.07, 6.45) is 11.1. The van der Waals surface area contributed by atoms with Gasteiger partial charge in [0.05, 0.1) is 0 Å². The van der Waals surface area contributed by atoms with Crippen molar-refractivity contribution in [3.63, 3.8) is 0 Å². The average Bonchev–Trinajstić information content (AvgIpc) is 2.77. The Bertz CT molecular complexity index is 151. The smallest absolute Gasteiger partial charge is 0.0181 e. The highest BCUT2D eigenvalue weighted by Crippen LogP contribution is 2.31. The Morgan fingerprint density at radius 3 is 1.80 bits per heavy atom. The second kappa shape index (κ2) is 6.52. The van der Waals surface area contributed by atoms with Crippen LogP contribution in [-0.2, 0) is 0 Å². The summed E-state index contributed by atoms with van der Waals surface area (Å²) in [5.41, 5.74) is 0.516. The van der Waals surface area contributed by atoms with Gasteiger partial charge in [-0.3, -0.25) is 4.90 Å². The molecule has 0 aromatic carbocycles. The molecular weight excluding hydrogens is 182 g/mol. The summed E-state index contributed by atoms with van der Waals surface area (Å²) < 4.78 is 0. The summed E-state index contributed by atoms with van der Waals surface area (Å²) in [4.78, 5) is 2.76. The van der Waals surface area contributed by atoms with Crippen LogP contribution >= 0.6 is 0 Å². The molecule has 0 amide bonds. The topological polar surface area (TPSA) is 3.24 Å². The predicted molar refractivity (Wildman–Crippen MR) is 68.3 cm³/mol. The Labute approximate surface area is 96.2 Å². The quantitative estimate of drug-likeness (QED) is 0.609. The Hall–Kier alpha value is -0.0400. The highest BCUT2D eigenvalue weighted by Gasteiger charge is 2.31. The first-order valence-corrected chi connectivity index (χ1v) is 6.98. The molecule has 1 fully saturated rings. The van der Waals surface area contributed by atoms with Gasteiger partial charge >= 0.3 is 0 Å². The number of rotatable bonds is 7. The fourth-order valence-corrected chi connectivity index (χ4v) is 2.81. The monoisotopic (exact) mass is 211 g/mol. The van der Waals surface area contributed by atoms with Crippen LogP contribution in [0.2, 0.25) is 0 Å². The van der Waals surface area contributed by atoms with Crippen molar-refractivity contribution in [3.05, 3.63) is 0 Å². The molecule has 0 atom stereocenters. The summed E-state index contributed by atoms with van der Waals surface area (Å²) in [5, 5.41) is 0. The first-order valence-electron chi connectivity index (χ1n) is 6.98. The third-order valence-electron chi connectivity index (χ3n) is 4.01. The van der Waals surface area contributed by atoms with E-state index in [1.54, 1.807) is 0 Å². The molecule has 0 aliphatic carbocycles. The van der Waals surface area contributed by atoms with Crippen molar-refractivity contribution in [2.45, 2.75) is 77.7 Å². The molecule has 0 radical (unpaired) electrons. The van der Waals surface area contributed by atoms with Crippen molar-refractivity contribution in [1.29, 1.82) is 0 Å². The van der Waals surface area contributed by atoms with Crippen molar-refractivity contribution < 1.29 is 0 Å². The summed E-state index contributed by atoms with van der Waals surface area (Å²) in [6.45, 7) is 9.83. The number of nitrogens with zero attached hydrogens (tertiary/aromatic N) is 1. The fraction of sp³-hybridized carbons (Fsp3) is 1.00. The number of likely N-dealkylation sites (tertiary alicyclic amines) is 1. The first kappa shape index (κ1) is 13.0. The standard InChI is InChI=1S/C14H29N/c1-4-6-10-14(3,11-7-5-2)15-12-8-9-13-15/h4-13H2,1-3H3. The molecule has 0 N–H and O–H groups in total. The van der Waals surface area contributed by atoms with E-state index >= 15 is 0 Å². The van der Waals surface area contributed by atoms with Gasteiger partial charge in [0.15, 0.2) is 0 Å². The van der Waals surface area contributed by atoms with E-state index in [1.165, 1.54) is 64.5 Å². The van der Waals surface area contributed by atoms with Crippen molar-refractivity contribution in [1.82, 2.24) is 4.90 Å². The Morgan fingerprint density at radius 1 is 0.933 bits per heavy atom. The van der Waals surface area contributed by atoms with Gasteiger partial charge in [-0.1, -0.05) is 39.5 Å². The minimum Gasteiger partial charge on any atom is -0.298 e. The fourth-order valence-electron chi connectivity index (χ4n) is 2.81. The van der Waals surface area contributed by atoms with Gasteiger partial charge < -0.3 is 0 Å². The molecule has 0 saturated carbocycles. The molecule has 1 rings (SSSR count). The lowest BCUT2D eigenvalue weighted by Crippen LogP contribution is -2.44. The van der Waals surface area contributed by atoms with Crippen LogP contribution in [0.15, 0.2) is 0 Å². The SMILES string of the molecule is CCCCC(C)(CCCC)N1CCCC1. The van der Waals surface area contributed by atoms with Gasteiger partial charge in [-0.05, 0) is 45.7 Å². The van der Waals surface area contributed by atoms with E-state index in [2.05, 4.69) is 25.7 Å². The summed E-state index contributed by atoms with van der Waals surface area (Å²) in [6, 6.07) is 0. The van der Waals surface area contributed by atoms with Crippen LogP contribution < -0.4 is 0 Å². The zero-order valence-corrected chi connectivity index (χ0v) is 11.0. The Balaban J connectivity index is 2.48. The van der Waals surface area contributed by atoms with Gasteiger partial charge in [-0.25, -0.2) is 0 Å². The number of unbranched alkanes of at least 4 members (excludes halogenated alkanes) is 2. The Kier molecular flexibility index (Phi) is 5.66. The highest BCUT2D eigenvalue weighted by molar-refractivity contribution is 4.88. The highest BCUT2D eigenvalue weighted by atomic mass is 15.2. The van der Waals surface area contributed by atoms with E-state index in [0.29, 0.717) is 5.54 Å². The molecule has 1 aliphatic rings. The zero-order valence-electron chi connectivity index (χ0n) is 11.0. The molecule has 1 nitrogen and oxygen atoms in total.